The molecule has 4 nitrogen and oxygen atoms in total. The van der Waals surface area contributed by atoms with Gasteiger partial charge in [0.1, 0.15) is 15.1 Å². The molecule has 1 fully saturated rings. The number of carbonyl (C=O) groups is 1. The molecule has 1 atom stereocenters. The van der Waals surface area contributed by atoms with E-state index >= 15 is 0 Å². The highest BCUT2D eigenvalue weighted by Crippen LogP contribution is 2.30. The van der Waals surface area contributed by atoms with Gasteiger partial charge >= 0.3 is 0 Å². The minimum atomic E-state index is -2.99. The standard InChI is InChI=1S/C14H19NO3S2/c1-20(17,18)10-9-19-13(11-5-3-2-4-6-11)14(16)15-12-7-8-12/h2-6,12-13H,7-10H2,1H3,(H,15,16). The van der Waals surface area contributed by atoms with E-state index in [0.717, 1.165) is 18.4 Å². The summed E-state index contributed by atoms with van der Waals surface area (Å²) >= 11 is 1.39. The van der Waals surface area contributed by atoms with E-state index in [1.807, 2.05) is 30.3 Å². The average molecular weight is 313 g/mol. The Balaban J connectivity index is 2.01. The van der Waals surface area contributed by atoms with Crippen molar-refractivity contribution < 1.29 is 13.2 Å². The Morgan fingerprint density at radius 3 is 2.55 bits per heavy atom. The summed E-state index contributed by atoms with van der Waals surface area (Å²) in [6.07, 6.45) is 3.30. The van der Waals surface area contributed by atoms with E-state index in [1.54, 1.807) is 0 Å². The Bertz CT molecular complexity index is 553. The summed E-state index contributed by atoms with van der Waals surface area (Å²) in [5, 5.41) is 2.66. The topological polar surface area (TPSA) is 63.2 Å². The fourth-order valence-electron chi connectivity index (χ4n) is 1.77. The van der Waals surface area contributed by atoms with Gasteiger partial charge in [-0.3, -0.25) is 4.79 Å². The highest BCUT2D eigenvalue weighted by atomic mass is 32.2. The van der Waals surface area contributed by atoms with Crippen LogP contribution in [0.1, 0.15) is 23.7 Å². The predicted octanol–water partition coefficient (Wildman–Crippen LogP) is 1.78. The van der Waals surface area contributed by atoms with Gasteiger partial charge in [-0.2, -0.15) is 0 Å². The summed E-state index contributed by atoms with van der Waals surface area (Å²) in [5.41, 5.74) is 0.921. The van der Waals surface area contributed by atoms with Gasteiger partial charge in [-0.15, -0.1) is 11.8 Å². The maximum Gasteiger partial charge on any atom is 0.237 e. The predicted molar refractivity (Wildman–Crippen MR) is 82.5 cm³/mol. The van der Waals surface area contributed by atoms with Crippen molar-refractivity contribution in [3.05, 3.63) is 35.9 Å². The quantitative estimate of drug-likeness (QED) is 0.833. The van der Waals surface area contributed by atoms with E-state index in [1.165, 1.54) is 18.0 Å². The van der Waals surface area contributed by atoms with Crippen LogP contribution in [-0.4, -0.2) is 38.1 Å². The maximum absolute atomic E-state index is 12.3. The summed E-state index contributed by atoms with van der Waals surface area (Å²) in [6, 6.07) is 9.81. The molecular weight excluding hydrogens is 294 g/mol. The number of benzene rings is 1. The lowest BCUT2D eigenvalue weighted by Gasteiger charge is -2.16. The molecule has 20 heavy (non-hydrogen) atoms. The van der Waals surface area contributed by atoms with Crippen LogP contribution in [0.4, 0.5) is 0 Å². The molecule has 1 saturated carbocycles. The van der Waals surface area contributed by atoms with Crippen LogP contribution in [0.25, 0.3) is 0 Å². The second-order valence-corrected chi connectivity index (χ2v) is 8.55. The number of hydrogen-bond acceptors (Lipinski definition) is 4. The summed E-state index contributed by atoms with van der Waals surface area (Å²) in [4.78, 5) is 12.3. The molecule has 110 valence electrons. The van der Waals surface area contributed by atoms with E-state index < -0.39 is 9.84 Å². The molecule has 1 aliphatic carbocycles. The van der Waals surface area contributed by atoms with Gasteiger partial charge in [0.25, 0.3) is 0 Å². The van der Waals surface area contributed by atoms with Crippen LogP contribution in [-0.2, 0) is 14.6 Å². The van der Waals surface area contributed by atoms with Crippen LogP contribution in [0.3, 0.4) is 0 Å². The lowest BCUT2D eigenvalue weighted by molar-refractivity contribution is -0.120. The maximum atomic E-state index is 12.3. The minimum absolute atomic E-state index is 0.0165. The third-order valence-electron chi connectivity index (χ3n) is 3.00. The molecule has 1 aromatic carbocycles. The molecule has 1 N–H and O–H groups in total. The van der Waals surface area contributed by atoms with Crippen molar-refractivity contribution in [1.29, 1.82) is 0 Å². The highest BCUT2D eigenvalue weighted by Gasteiger charge is 2.28. The molecule has 1 amide bonds. The third-order valence-corrected chi connectivity index (χ3v) is 5.47. The third kappa shape index (κ3) is 5.17. The Kier molecular flexibility index (Phi) is 5.10. The first-order chi connectivity index (χ1) is 9.46. The monoisotopic (exact) mass is 313 g/mol. The Morgan fingerprint density at radius 1 is 1.35 bits per heavy atom. The van der Waals surface area contributed by atoms with Crippen LogP contribution in [0.15, 0.2) is 30.3 Å². The molecule has 6 heteroatoms. The summed E-state index contributed by atoms with van der Waals surface area (Å²) in [5.74, 6) is 0.506. The van der Waals surface area contributed by atoms with Gasteiger partial charge in [-0.1, -0.05) is 30.3 Å². The van der Waals surface area contributed by atoms with Crippen molar-refractivity contribution in [2.24, 2.45) is 0 Å². The van der Waals surface area contributed by atoms with E-state index in [4.69, 9.17) is 0 Å². The zero-order valence-electron chi connectivity index (χ0n) is 11.4. The van der Waals surface area contributed by atoms with Gasteiger partial charge in [-0.05, 0) is 18.4 Å². The van der Waals surface area contributed by atoms with Crippen molar-refractivity contribution in [3.63, 3.8) is 0 Å². The molecule has 0 spiro atoms. The molecule has 0 radical (unpaired) electrons. The van der Waals surface area contributed by atoms with E-state index in [-0.39, 0.29) is 16.9 Å². The number of hydrogen-bond donors (Lipinski definition) is 1. The summed E-state index contributed by atoms with van der Waals surface area (Å²) in [6.45, 7) is 0. The second-order valence-electron chi connectivity index (χ2n) is 5.07. The number of carbonyl (C=O) groups excluding carboxylic acids is 1. The summed E-state index contributed by atoms with van der Waals surface area (Å²) in [7, 11) is -2.99. The fraction of sp³-hybridized carbons (Fsp3) is 0.500. The second kappa shape index (κ2) is 6.63. The normalized spacial score (nSPS) is 16.6. The van der Waals surface area contributed by atoms with Crippen LogP contribution in [0.5, 0.6) is 0 Å². The van der Waals surface area contributed by atoms with Crippen LogP contribution >= 0.6 is 11.8 Å². The Hall–Kier alpha value is -1.01. The number of amides is 1. The molecule has 0 heterocycles. The van der Waals surface area contributed by atoms with Gasteiger partial charge in [-0.25, -0.2) is 8.42 Å². The smallest absolute Gasteiger partial charge is 0.237 e. The van der Waals surface area contributed by atoms with Crippen molar-refractivity contribution >= 4 is 27.5 Å². The molecular formula is C14H19NO3S2. The van der Waals surface area contributed by atoms with Crippen LogP contribution < -0.4 is 5.32 Å². The molecule has 1 aliphatic rings. The van der Waals surface area contributed by atoms with E-state index in [0.29, 0.717) is 11.8 Å². The molecule has 1 unspecified atom stereocenters. The number of sulfone groups is 1. The molecule has 0 aliphatic heterocycles. The molecule has 2 rings (SSSR count). The lowest BCUT2D eigenvalue weighted by atomic mass is 10.1. The molecule has 0 saturated heterocycles. The zero-order chi connectivity index (χ0) is 14.6. The molecule has 0 aromatic heterocycles. The van der Waals surface area contributed by atoms with Crippen molar-refractivity contribution in [2.75, 3.05) is 17.8 Å². The van der Waals surface area contributed by atoms with Crippen LogP contribution in [0.2, 0.25) is 0 Å². The van der Waals surface area contributed by atoms with E-state index in [9.17, 15) is 13.2 Å². The summed E-state index contributed by atoms with van der Waals surface area (Å²) < 4.78 is 22.4. The van der Waals surface area contributed by atoms with Crippen LogP contribution in [0, 0.1) is 0 Å². The van der Waals surface area contributed by atoms with E-state index in [2.05, 4.69) is 5.32 Å². The van der Waals surface area contributed by atoms with Gasteiger partial charge in [0.05, 0.1) is 5.75 Å². The molecule has 0 bridgehead atoms. The van der Waals surface area contributed by atoms with Crippen molar-refractivity contribution in [3.8, 4) is 0 Å². The first kappa shape index (κ1) is 15.4. The van der Waals surface area contributed by atoms with Gasteiger partial charge < -0.3 is 5.32 Å². The first-order valence-electron chi connectivity index (χ1n) is 6.60. The minimum Gasteiger partial charge on any atom is -0.352 e. The largest absolute Gasteiger partial charge is 0.352 e. The van der Waals surface area contributed by atoms with Crippen molar-refractivity contribution in [1.82, 2.24) is 5.32 Å². The lowest BCUT2D eigenvalue weighted by Crippen LogP contribution is -2.30. The van der Waals surface area contributed by atoms with Gasteiger partial charge in [0.2, 0.25) is 5.91 Å². The Labute approximate surface area is 124 Å². The first-order valence-corrected chi connectivity index (χ1v) is 9.71. The zero-order valence-corrected chi connectivity index (χ0v) is 13.0. The highest BCUT2D eigenvalue weighted by molar-refractivity contribution is 8.01. The number of thioether (sulfide) groups is 1. The Morgan fingerprint density at radius 2 is 2.00 bits per heavy atom. The number of nitrogens with one attached hydrogen (secondary N) is 1. The van der Waals surface area contributed by atoms with Crippen molar-refractivity contribution in [2.45, 2.75) is 24.1 Å². The number of rotatable bonds is 7. The van der Waals surface area contributed by atoms with Gasteiger partial charge in [0, 0.05) is 18.1 Å². The fourth-order valence-corrected chi connectivity index (χ4v) is 4.17. The average Bonchev–Trinajstić information content (AvgIpc) is 3.18. The molecule has 1 aromatic rings. The van der Waals surface area contributed by atoms with Gasteiger partial charge in [0.15, 0.2) is 0 Å². The SMILES string of the molecule is CS(=O)(=O)CCSC(C(=O)NC1CC1)c1ccccc1.